The van der Waals surface area contributed by atoms with Gasteiger partial charge < -0.3 is 20.1 Å². The number of esters is 1. The maximum absolute atomic E-state index is 13.0. The standard InChI is InChI=1S/C30H42N4O4/c1-10-33(11-2)25-22(16-17-24-23(25)18-32-34(24)27(36)38-29(6,7)8)20-12-14-21(15-13-20)30(9,19-31)26(35)37-28(3,4)5/h12-18H,10-11,19,31H2,1-9H3. The van der Waals surface area contributed by atoms with Gasteiger partial charge in [0, 0.05) is 30.6 Å². The van der Waals surface area contributed by atoms with Crippen LogP contribution in [0.2, 0.25) is 0 Å². The molecule has 0 radical (unpaired) electrons. The molecular formula is C30H42N4O4. The number of carbonyl (C=O) groups excluding carboxylic acids is 2. The highest BCUT2D eigenvalue weighted by Crippen LogP contribution is 2.39. The molecule has 0 aliphatic heterocycles. The lowest BCUT2D eigenvalue weighted by molar-refractivity contribution is -0.161. The minimum absolute atomic E-state index is 0.127. The number of nitrogens with two attached hydrogens (primary N) is 1. The van der Waals surface area contributed by atoms with E-state index < -0.39 is 22.7 Å². The first-order valence-corrected chi connectivity index (χ1v) is 13.2. The van der Waals surface area contributed by atoms with Gasteiger partial charge in [0.25, 0.3) is 0 Å². The molecule has 1 aromatic heterocycles. The lowest BCUT2D eigenvalue weighted by Crippen LogP contribution is -2.44. The van der Waals surface area contributed by atoms with E-state index in [0.29, 0.717) is 5.52 Å². The summed E-state index contributed by atoms with van der Waals surface area (Å²) in [5.41, 5.74) is 8.33. The average Bonchev–Trinajstić information content (AvgIpc) is 3.27. The van der Waals surface area contributed by atoms with Crippen LogP contribution in [-0.4, -0.2) is 52.7 Å². The second-order valence-corrected chi connectivity index (χ2v) is 11.7. The van der Waals surface area contributed by atoms with Crippen LogP contribution in [0.15, 0.2) is 42.6 Å². The summed E-state index contributed by atoms with van der Waals surface area (Å²) in [4.78, 5) is 28.1. The molecule has 3 rings (SSSR count). The summed E-state index contributed by atoms with van der Waals surface area (Å²) in [6, 6.07) is 11.8. The number of benzene rings is 2. The van der Waals surface area contributed by atoms with E-state index in [1.165, 1.54) is 4.68 Å². The molecule has 1 atom stereocenters. The Balaban J connectivity index is 2.10. The monoisotopic (exact) mass is 522 g/mol. The number of carbonyl (C=O) groups is 2. The lowest BCUT2D eigenvalue weighted by atomic mass is 9.81. The minimum Gasteiger partial charge on any atom is -0.459 e. The quantitative estimate of drug-likeness (QED) is 0.386. The normalized spacial score (nSPS) is 13.7. The molecule has 1 heterocycles. The van der Waals surface area contributed by atoms with Crippen LogP contribution in [-0.2, 0) is 19.7 Å². The van der Waals surface area contributed by atoms with Gasteiger partial charge in [-0.1, -0.05) is 30.3 Å². The van der Waals surface area contributed by atoms with Crippen LogP contribution in [0.4, 0.5) is 10.5 Å². The van der Waals surface area contributed by atoms with Crippen LogP contribution in [0.1, 0.15) is 67.9 Å². The second kappa shape index (κ2) is 10.8. The van der Waals surface area contributed by atoms with Gasteiger partial charge >= 0.3 is 12.1 Å². The summed E-state index contributed by atoms with van der Waals surface area (Å²) < 4.78 is 12.5. The van der Waals surface area contributed by atoms with Crippen molar-refractivity contribution >= 4 is 28.7 Å². The van der Waals surface area contributed by atoms with Gasteiger partial charge in [0.15, 0.2) is 0 Å². The van der Waals surface area contributed by atoms with Crippen molar-refractivity contribution in [2.24, 2.45) is 5.73 Å². The molecule has 8 heteroatoms. The van der Waals surface area contributed by atoms with Crippen molar-refractivity contribution in [2.45, 2.75) is 78.9 Å². The van der Waals surface area contributed by atoms with Crippen molar-refractivity contribution in [3.05, 3.63) is 48.2 Å². The summed E-state index contributed by atoms with van der Waals surface area (Å²) in [6.45, 7) is 18.7. The predicted molar refractivity (Wildman–Crippen MR) is 153 cm³/mol. The molecule has 38 heavy (non-hydrogen) atoms. The molecule has 0 spiro atoms. The number of rotatable bonds is 7. The van der Waals surface area contributed by atoms with Crippen molar-refractivity contribution in [3.8, 4) is 11.1 Å². The number of anilines is 1. The zero-order chi connectivity index (χ0) is 28.5. The summed E-state index contributed by atoms with van der Waals surface area (Å²) in [5, 5.41) is 5.24. The SMILES string of the molecule is CCN(CC)c1c(-c2ccc(C(C)(CN)C(=O)OC(C)(C)C)cc2)ccc2c1cnn2C(=O)OC(C)(C)C. The molecule has 206 valence electrons. The van der Waals surface area contributed by atoms with Crippen LogP contribution in [0.3, 0.4) is 0 Å². The van der Waals surface area contributed by atoms with Gasteiger partial charge in [-0.05, 0) is 79.5 Å². The molecule has 0 aliphatic carbocycles. The highest BCUT2D eigenvalue weighted by molar-refractivity contribution is 6.03. The average molecular weight is 523 g/mol. The molecule has 8 nitrogen and oxygen atoms in total. The Labute approximate surface area is 226 Å². The van der Waals surface area contributed by atoms with Gasteiger partial charge in [0.05, 0.1) is 17.4 Å². The van der Waals surface area contributed by atoms with Crippen LogP contribution in [0, 0.1) is 0 Å². The maximum Gasteiger partial charge on any atom is 0.435 e. The molecule has 0 bridgehead atoms. The zero-order valence-electron chi connectivity index (χ0n) is 24.2. The highest BCUT2D eigenvalue weighted by atomic mass is 16.6. The molecule has 0 saturated carbocycles. The molecule has 0 fully saturated rings. The number of hydrogen-bond acceptors (Lipinski definition) is 7. The topological polar surface area (TPSA) is 99.7 Å². The van der Waals surface area contributed by atoms with Crippen molar-refractivity contribution < 1.29 is 19.1 Å². The van der Waals surface area contributed by atoms with E-state index >= 15 is 0 Å². The molecule has 1 unspecified atom stereocenters. The van der Waals surface area contributed by atoms with Crippen molar-refractivity contribution in [2.75, 3.05) is 24.5 Å². The number of fused-ring (bicyclic) bond motifs is 1. The lowest BCUT2D eigenvalue weighted by Gasteiger charge is -2.31. The second-order valence-electron chi connectivity index (χ2n) is 11.7. The van der Waals surface area contributed by atoms with Gasteiger partial charge in [-0.3, -0.25) is 4.79 Å². The van der Waals surface area contributed by atoms with Crippen LogP contribution < -0.4 is 10.6 Å². The number of nitrogens with zero attached hydrogens (tertiary/aromatic N) is 3. The minimum atomic E-state index is -0.966. The van der Waals surface area contributed by atoms with Gasteiger partial charge in [0.2, 0.25) is 0 Å². The van der Waals surface area contributed by atoms with E-state index in [9.17, 15) is 9.59 Å². The van der Waals surface area contributed by atoms with Gasteiger partial charge in [-0.15, -0.1) is 0 Å². The van der Waals surface area contributed by atoms with E-state index in [0.717, 1.165) is 40.9 Å². The molecule has 0 amide bonds. The molecule has 0 aliphatic rings. The van der Waals surface area contributed by atoms with Gasteiger partial charge in [-0.25, -0.2) is 4.79 Å². The van der Waals surface area contributed by atoms with E-state index in [4.69, 9.17) is 15.2 Å². The number of aromatic nitrogens is 2. The fourth-order valence-electron chi connectivity index (χ4n) is 4.38. The first-order valence-electron chi connectivity index (χ1n) is 13.2. The fraction of sp³-hybridized carbons (Fsp3) is 0.500. The van der Waals surface area contributed by atoms with Crippen LogP contribution >= 0.6 is 0 Å². The first kappa shape index (κ1) is 29.2. The fourth-order valence-corrected chi connectivity index (χ4v) is 4.38. The molecule has 2 N–H and O–H groups in total. The van der Waals surface area contributed by atoms with E-state index in [-0.39, 0.29) is 12.5 Å². The Morgan fingerprint density at radius 3 is 1.97 bits per heavy atom. The Bertz CT molecular complexity index is 1290. The molecule has 2 aromatic carbocycles. The van der Waals surface area contributed by atoms with Crippen LogP contribution in [0.5, 0.6) is 0 Å². The predicted octanol–water partition coefficient (Wildman–Crippen LogP) is 5.89. The molecule has 0 saturated heterocycles. The Hall–Kier alpha value is -3.39. The van der Waals surface area contributed by atoms with E-state index in [2.05, 4.69) is 23.8 Å². The summed E-state index contributed by atoms with van der Waals surface area (Å²) in [5.74, 6) is -0.347. The number of hydrogen-bond donors (Lipinski definition) is 1. The highest BCUT2D eigenvalue weighted by Gasteiger charge is 2.38. The smallest absolute Gasteiger partial charge is 0.435 e. The third kappa shape index (κ3) is 6.01. The van der Waals surface area contributed by atoms with Gasteiger partial charge in [-0.2, -0.15) is 9.78 Å². The Kier molecular flexibility index (Phi) is 8.27. The summed E-state index contributed by atoms with van der Waals surface area (Å²) in [7, 11) is 0. The van der Waals surface area contributed by atoms with E-state index in [1.54, 1.807) is 6.20 Å². The van der Waals surface area contributed by atoms with Gasteiger partial charge in [0.1, 0.15) is 16.6 Å². The van der Waals surface area contributed by atoms with Crippen molar-refractivity contribution in [1.29, 1.82) is 0 Å². The largest absolute Gasteiger partial charge is 0.459 e. The molecular weight excluding hydrogens is 480 g/mol. The number of ether oxygens (including phenoxy) is 2. The Morgan fingerprint density at radius 2 is 1.47 bits per heavy atom. The Morgan fingerprint density at radius 1 is 0.895 bits per heavy atom. The summed E-state index contributed by atoms with van der Waals surface area (Å²) >= 11 is 0. The first-order chi connectivity index (χ1) is 17.6. The van der Waals surface area contributed by atoms with Crippen molar-refractivity contribution in [3.63, 3.8) is 0 Å². The van der Waals surface area contributed by atoms with E-state index in [1.807, 2.05) is 84.9 Å². The van der Waals surface area contributed by atoms with Crippen LogP contribution in [0.25, 0.3) is 22.0 Å². The summed E-state index contributed by atoms with van der Waals surface area (Å²) in [6.07, 6.45) is 1.21. The zero-order valence-corrected chi connectivity index (χ0v) is 24.2. The van der Waals surface area contributed by atoms with Crippen molar-refractivity contribution in [1.82, 2.24) is 9.78 Å². The third-order valence-corrected chi connectivity index (χ3v) is 6.46. The molecule has 3 aromatic rings. The maximum atomic E-state index is 13.0. The third-order valence-electron chi connectivity index (χ3n) is 6.46.